The van der Waals surface area contributed by atoms with Crippen molar-refractivity contribution in [2.24, 2.45) is 0 Å². The Bertz CT molecular complexity index is 540. The summed E-state index contributed by atoms with van der Waals surface area (Å²) < 4.78 is 1.84. The van der Waals surface area contributed by atoms with Crippen LogP contribution in [0.4, 0.5) is 11.4 Å². The number of benzene rings is 1. The molecule has 0 saturated heterocycles. The van der Waals surface area contributed by atoms with Gasteiger partial charge in [-0.1, -0.05) is 19.9 Å². The molecule has 1 aromatic carbocycles. The van der Waals surface area contributed by atoms with Crippen molar-refractivity contribution in [2.45, 2.75) is 19.8 Å². The van der Waals surface area contributed by atoms with Crippen LogP contribution < -0.4 is 10.6 Å². The van der Waals surface area contributed by atoms with Crippen LogP contribution in [0.5, 0.6) is 0 Å². The molecule has 0 saturated carbocycles. The van der Waals surface area contributed by atoms with Crippen molar-refractivity contribution in [2.75, 3.05) is 24.7 Å². The normalized spacial score (nSPS) is 10.9. The fraction of sp³-hybridized carbons (Fsp3) is 0.357. The van der Waals surface area contributed by atoms with Gasteiger partial charge in [0.15, 0.2) is 0 Å². The molecule has 2 aromatic rings. The first-order valence-corrected chi connectivity index (χ1v) is 6.12. The molecular formula is C14H20N4. The van der Waals surface area contributed by atoms with Gasteiger partial charge in [-0.3, -0.25) is 0 Å². The minimum Gasteiger partial charge on any atom is -0.396 e. The van der Waals surface area contributed by atoms with Gasteiger partial charge in [-0.2, -0.15) is 5.10 Å². The van der Waals surface area contributed by atoms with Crippen molar-refractivity contribution in [3.63, 3.8) is 0 Å². The fourth-order valence-electron chi connectivity index (χ4n) is 1.90. The minimum atomic E-state index is 0.336. The number of hydrogen-bond acceptors (Lipinski definition) is 3. The minimum absolute atomic E-state index is 0.336. The van der Waals surface area contributed by atoms with Crippen LogP contribution in [0, 0.1) is 0 Å². The predicted molar refractivity (Wildman–Crippen MR) is 76.4 cm³/mol. The third kappa shape index (κ3) is 2.32. The predicted octanol–water partition coefficient (Wildman–Crippen LogP) is 2.64. The van der Waals surface area contributed by atoms with E-state index in [-0.39, 0.29) is 0 Å². The molecule has 0 spiro atoms. The topological polar surface area (TPSA) is 47.1 Å². The Hall–Kier alpha value is -1.97. The Morgan fingerprint density at radius 1 is 1.28 bits per heavy atom. The quantitative estimate of drug-likeness (QED) is 0.903. The Kier molecular flexibility index (Phi) is 3.28. The zero-order chi connectivity index (χ0) is 13.3. The molecule has 0 radical (unpaired) electrons. The SMILES string of the molecule is CC(C)c1nn(-c2cccc(N(C)C)c2)cc1N. The summed E-state index contributed by atoms with van der Waals surface area (Å²) in [6, 6.07) is 8.22. The summed E-state index contributed by atoms with van der Waals surface area (Å²) in [5.74, 6) is 0.336. The summed E-state index contributed by atoms with van der Waals surface area (Å²) in [6.07, 6.45) is 1.88. The standard InChI is InChI=1S/C14H20N4/c1-10(2)14-13(15)9-18(16-14)12-7-5-6-11(8-12)17(3)4/h5-10H,15H2,1-4H3. The third-order valence-corrected chi connectivity index (χ3v) is 2.93. The van der Waals surface area contributed by atoms with Crippen LogP contribution in [0.25, 0.3) is 5.69 Å². The second-order valence-electron chi connectivity index (χ2n) is 4.98. The average Bonchev–Trinajstić information content (AvgIpc) is 2.71. The Morgan fingerprint density at radius 2 is 2.00 bits per heavy atom. The van der Waals surface area contributed by atoms with Gasteiger partial charge in [-0.15, -0.1) is 0 Å². The number of rotatable bonds is 3. The Labute approximate surface area is 108 Å². The van der Waals surface area contributed by atoms with Crippen molar-refractivity contribution in [3.8, 4) is 5.69 Å². The highest BCUT2D eigenvalue weighted by molar-refractivity contribution is 5.53. The molecule has 18 heavy (non-hydrogen) atoms. The molecule has 4 nitrogen and oxygen atoms in total. The molecular weight excluding hydrogens is 224 g/mol. The molecule has 0 aliphatic heterocycles. The summed E-state index contributed by atoms with van der Waals surface area (Å²) in [5.41, 5.74) is 9.86. The van der Waals surface area contributed by atoms with E-state index in [0.717, 1.165) is 22.8 Å². The fourth-order valence-corrected chi connectivity index (χ4v) is 1.90. The van der Waals surface area contributed by atoms with Gasteiger partial charge in [0.2, 0.25) is 0 Å². The largest absolute Gasteiger partial charge is 0.396 e. The number of aromatic nitrogens is 2. The van der Waals surface area contributed by atoms with E-state index < -0.39 is 0 Å². The summed E-state index contributed by atoms with van der Waals surface area (Å²) in [7, 11) is 4.05. The van der Waals surface area contributed by atoms with Crippen molar-refractivity contribution < 1.29 is 0 Å². The van der Waals surface area contributed by atoms with Crippen LogP contribution in [0.1, 0.15) is 25.5 Å². The highest BCUT2D eigenvalue weighted by atomic mass is 15.3. The second kappa shape index (κ2) is 4.72. The van der Waals surface area contributed by atoms with Gasteiger partial charge in [0.25, 0.3) is 0 Å². The van der Waals surface area contributed by atoms with Crippen LogP contribution in [0.2, 0.25) is 0 Å². The lowest BCUT2D eigenvalue weighted by atomic mass is 10.1. The lowest BCUT2D eigenvalue weighted by Crippen LogP contribution is -2.09. The van der Waals surface area contributed by atoms with Gasteiger partial charge in [-0.05, 0) is 24.1 Å². The molecule has 0 atom stereocenters. The van der Waals surface area contributed by atoms with Crippen molar-refractivity contribution in [1.29, 1.82) is 0 Å². The van der Waals surface area contributed by atoms with Crippen molar-refractivity contribution in [1.82, 2.24) is 9.78 Å². The van der Waals surface area contributed by atoms with Crippen molar-refractivity contribution >= 4 is 11.4 Å². The molecule has 0 aliphatic carbocycles. The highest BCUT2D eigenvalue weighted by Gasteiger charge is 2.10. The molecule has 2 rings (SSSR count). The Morgan fingerprint density at radius 3 is 2.56 bits per heavy atom. The molecule has 0 bridgehead atoms. The molecule has 0 aliphatic rings. The van der Waals surface area contributed by atoms with E-state index in [4.69, 9.17) is 5.73 Å². The number of nitrogens with zero attached hydrogens (tertiary/aromatic N) is 3. The van der Waals surface area contributed by atoms with Gasteiger partial charge in [-0.25, -0.2) is 4.68 Å². The highest BCUT2D eigenvalue weighted by Crippen LogP contribution is 2.23. The monoisotopic (exact) mass is 244 g/mol. The van der Waals surface area contributed by atoms with Crippen molar-refractivity contribution in [3.05, 3.63) is 36.2 Å². The smallest absolute Gasteiger partial charge is 0.0883 e. The molecule has 0 unspecified atom stereocenters. The first-order chi connectivity index (χ1) is 8.49. The van der Waals surface area contributed by atoms with E-state index in [1.165, 1.54) is 0 Å². The van der Waals surface area contributed by atoms with Crippen LogP contribution >= 0.6 is 0 Å². The molecule has 1 aromatic heterocycles. The summed E-state index contributed by atoms with van der Waals surface area (Å²) in [4.78, 5) is 2.07. The van der Waals surface area contributed by atoms with Crippen LogP contribution in [-0.4, -0.2) is 23.9 Å². The molecule has 0 fully saturated rings. The summed E-state index contributed by atoms with van der Waals surface area (Å²) in [6.45, 7) is 4.19. The van der Waals surface area contributed by atoms with E-state index in [1.807, 2.05) is 37.1 Å². The average molecular weight is 244 g/mol. The van der Waals surface area contributed by atoms with E-state index in [1.54, 1.807) is 0 Å². The van der Waals surface area contributed by atoms with Gasteiger partial charge in [0.05, 0.1) is 23.3 Å². The lowest BCUT2D eigenvalue weighted by molar-refractivity contribution is 0.769. The summed E-state index contributed by atoms with van der Waals surface area (Å²) in [5, 5.41) is 4.55. The molecule has 96 valence electrons. The van der Waals surface area contributed by atoms with E-state index in [2.05, 4.69) is 36.0 Å². The first kappa shape index (κ1) is 12.5. The maximum absolute atomic E-state index is 5.98. The molecule has 1 heterocycles. The molecule has 4 heteroatoms. The van der Waals surface area contributed by atoms with Crippen LogP contribution in [0.15, 0.2) is 30.5 Å². The maximum Gasteiger partial charge on any atom is 0.0883 e. The molecule has 0 amide bonds. The maximum atomic E-state index is 5.98. The van der Waals surface area contributed by atoms with Gasteiger partial charge in [0, 0.05) is 19.8 Å². The first-order valence-electron chi connectivity index (χ1n) is 6.12. The number of nitrogens with two attached hydrogens (primary N) is 1. The van der Waals surface area contributed by atoms with E-state index >= 15 is 0 Å². The Balaban J connectivity index is 2.42. The number of hydrogen-bond donors (Lipinski definition) is 1. The van der Waals surface area contributed by atoms with E-state index in [0.29, 0.717) is 5.92 Å². The molecule has 2 N–H and O–H groups in total. The van der Waals surface area contributed by atoms with Crippen LogP contribution in [-0.2, 0) is 0 Å². The number of anilines is 2. The van der Waals surface area contributed by atoms with E-state index in [9.17, 15) is 0 Å². The zero-order valence-electron chi connectivity index (χ0n) is 11.4. The second-order valence-corrected chi connectivity index (χ2v) is 4.98. The van der Waals surface area contributed by atoms with Gasteiger partial charge >= 0.3 is 0 Å². The van der Waals surface area contributed by atoms with Gasteiger partial charge < -0.3 is 10.6 Å². The summed E-state index contributed by atoms with van der Waals surface area (Å²) >= 11 is 0. The van der Waals surface area contributed by atoms with Crippen LogP contribution in [0.3, 0.4) is 0 Å². The lowest BCUT2D eigenvalue weighted by Gasteiger charge is -2.13. The van der Waals surface area contributed by atoms with Gasteiger partial charge in [0.1, 0.15) is 0 Å². The number of nitrogen functional groups attached to an aromatic ring is 1. The zero-order valence-corrected chi connectivity index (χ0v) is 11.4. The third-order valence-electron chi connectivity index (χ3n) is 2.93.